The van der Waals surface area contributed by atoms with Crippen molar-refractivity contribution in [1.82, 2.24) is 5.32 Å². The summed E-state index contributed by atoms with van der Waals surface area (Å²) in [4.78, 5) is 13.0. The molecule has 0 aromatic heterocycles. The van der Waals surface area contributed by atoms with Crippen LogP contribution < -0.4 is 5.32 Å². The van der Waals surface area contributed by atoms with Gasteiger partial charge in [-0.2, -0.15) is 0 Å². The quantitative estimate of drug-likeness (QED) is 0.0267. The number of hydrogen-bond acceptors (Lipinski definition) is 13. The van der Waals surface area contributed by atoms with Gasteiger partial charge < -0.3 is 65.1 Å². The minimum Gasteiger partial charge on any atom is -0.394 e. The minimum atomic E-state index is -1.79. The smallest absolute Gasteiger partial charge is 0.220 e. The average molecular weight is 888 g/mol. The summed E-state index contributed by atoms with van der Waals surface area (Å²) in [6.07, 6.45) is 21.2. The second-order valence-electron chi connectivity index (χ2n) is 17.6. The predicted octanol–water partition coefficient (Wildman–Crippen LogP) is 5.77. The molecular formula is C48H89NO13. The van der Waals surface area contributed by atoms with Gasteiger partial charge in [-0.3, -0.25) is 4.79 Å². The van der Waals surface area contributed by atoms with E-state index < -0.39 is 86.8 Å². The second kappa shape index (κ2) is 35.7. The Balaban J connectivity index is 1.81. The van der Waals surface area contributed by atoms with Gasteiger partial charge in [0.1, 0.15) is 48.8 Å². The van der Waals surface area contributed by atoms with E-state index in [-0.39, 0.29) is 18.9 Å². The van der Waals surface area contributed by atoms with Crippen molar-refractivity contribution in [2.45, 2.75) is 254 Å². The van der Waals surface area contributed by atoms with Crippen molar-refractivity contribution >= 4 is 5.91 Å². The fourth-order valence-corrected chi connectivity index (χ4v) is 8.07. The summed E-state index contributed by atoms with van der Waals surface area (Å²) in [5.41, 5.74) is 0. The van der Waals surface area contributed by atoms with Crippen LogP contribution in [0.25, 0.3) is 0 Å². The zero-order valence-corrected chi connectivity index (χ0v) is 38.4. The predicted molar refractivity (Wildman–Crippen MR) is 240 cm³/mol. The van der Waals surface area contributed by atoms with E-state index >= 15 is 0 Å². The highest BCUT2D eigenvalue weighted by Crippen LogP contribution is 2.30. The molecule has 0 saturated carbocycles. The Morgan fingerprint density at radius 1 is 0.565 bits per heavy atom. The maximum absolute atomic E-state index is 13.0. The zero-order chi connectivity index (χ0) is 45.4. The molecular weight excluding hydrogens is 799 g/mol. The molecule has 364 valence electrons. The lowest BCUT2D eigenvalue weighted by molar-refractivity contribution is -0.359. The van der Waals surface area contributed by atoms with Gasteiger partial charge in [0.25, 0.3) is 0 Å². The first-order chi connectivity index (χ1) is 30.1. The highest BCUT2D eigenvalue weighted by Gasteiger charge is 2.51. The van der Waals surface area contributed by atoms with Crippen molar-refractivity contribution in [3.8, 4) is 0 Å². The van der Waals surface area contributed by atoms with Crippen molar-refractivity contribution < 1.29 is 64.6 Å². The van der Waals surface area contributed by atoms with Gasteiger partial charge >= 0.3 is 0 Å². The molecule has 12 atom stereocenters. The molecule has 0 aliphatic carbocycles. The lowest BCUT2D eigenvalue weighted by atomic mass is 9.97. The van der Waals surface area contributed by atoms with E-state index in [4.69, 9.17) is 18.9 Å². The Labute approximate surface area is 373 Å². The SMILES string of the molecule is CCCCCCCCCCCCCCCCC/C=C/CC/C=C/C(O)C(COC1OC(CO)C(OC2OC(CO)C(O)C(O)C2O)C(O)C1O)NC(=O)CCCCCCCCC. The number of hydrogen-bond donors (Lipinski definition) is 9. The van der Waals surface area contributed by atoms with Crippen LogP contribution in [-0.2, 0) is 23.7 Å². The maximum atomic E-state index is 13.0. The number of aliphatic hydroxyl groups excluding tert-OH is 8. The lowest BCUT2D eigenvalue weighted by Crippen LogP contribution is -2.65. The van der Waals surface area contributed by atoms with E-state index in [9.17, 15) is 45.6 Å². The molecule has 14 heteroatoms. The number of carbonyl (C=O) groups excluding carboxylic acids is 1. The number of rotatable bonds is 37. The summed E-state index contributed by atoms with van der Waals surface area (Å²) in [5, 5.41) is 86.4. The monoisotopic (exact) mass is 888 g/mol. The molecule has 2 fully saturated rings. The molecule has 0 radical (unpaired) electrons. The molecule has 2 aliphatic rings. The average Bonchev–Trinajstić information content (AvgIpc) is 3.27. The Hall–Kier alpha value is -1.53. The zero-order valence-electron chi connectivity index (χ0n) is 38.4. The number of ether oxygens (including phenoxy) is 4. The van der Waals surface area contributed by atoms with Crippen LogP contribution in [0.1, 0.15) is 181 Å². The van der Waals surface area contributed by atoms with Gasteiger partial charge in [0.2, 0.25) is 5.91 Å². The van der Waals surface area contributed by atoms with Crippen molar-refractivity contribution in [2.75, 3.05) is 19.8 Å². The summed E-state index contributed by atoms with van der Waals surface area (Å²) >= 11 is 0. The van der Waals surface area contributed by atoms with E-state index in [0.29, 0.717) is 12.8 Å². The van der Waals surface area contributed by atoms with Crippen LogP contribution >= 0.6 is 0 Å². The maximum Gasteiger partial charge on any atom is 0.220 e. The van der Waals surface area contributed by atoms with Crippen LogP contribution in [-0.4, -0.2) is 140 Å². The van der Waals surface area contributed by atoms with E-state index in [1.807, 2.05) is 6.08 Å². The van der Waals surface area contributed by atoms with Crippen LogP contribution in [0.4, 0.5) is 0 Å². The molecule has 2 heterocycles. The van der Waals surface area contributed by atoms with E-state index in [0.717, 1.165) is 38.5 Å². The Kier molecular flexibility index (Phi) is 32.6. The van der Waals surface area contributed by atoms with Crippen LogP contribution in [0.3, 0.4) is 0 Å². The van der Waals surface area contributed by atoms with Gasteiger partial charge in [0.15, 0.2) is 12.6 Å². The molecule has 2 rings (SSSR count). The van der Waals surface area contributed by atoms with Crippen LogP contribution in [0.5, 0.6) is 0 Å². The van der Waals surface area contributed by atoms with E-state index in [2.05, 4.69) is 31.3 Å². The molecule has 0 bridgehead atoms. The molecule has 0 spiro atoms. The fraction of sp³-hybridized carbons (Fsp3) is 0.896. The Morgan fingerprint density at radius 2 is 1.03 bits per heavy atom. The van der Waals surface area contributed by atoms with Gasteiger partial charge in [-0.15, -0.1) is 0 Å². The first kappa shape index (κ1) is 56.6. The summed E-state index contributed by atoms with van der Waals surface area (Å²) in [7, 11) is 0. The van der Waals surface area contributed by atoms with Crippen LogP contribution in [0, 0.1) is 0 Å². The van der Waals surface area contributed by atoms with E-state index in [1.54, 1.807) is 6.08 Å². The fourth-order valence-electron chi connectivity index (χ4n) is 8.07. The highest BCUT2D eigenvalue weighted by atomic mass is 16.7. The van der Waals surface area contributed by atoms with Gasteiger partial charge in [-0.25, -0.2) is 0 Å². The van der Waals surface area contributed by atoms with Gasteiger partial charge in [0, 0.05) is 6.42 Å². The van der Waals surface area contributed by atoms with Crippen molar-refractivity contribution in [2.24, 2.45) is 0 Å². The van der Waals surface area contributed by atoms with Gasteiger partial charge in [-0.1, -0.05) is 167 Å². The number of unbranched alkanes of at least 4 members (excludes halogenated alkanes) is 22. The third-order valence-corrected chi connectivity index (χ3v) is 12.1. The summed E-state index contributed by atoms with van der Waals surface area (Å²) < 4.78 is 22.6. The number of allylic oxidation sites excluding steroid dienone is 3. The largest absolute Gasteiger partial charge is 0.394 e. The van der Waals surface area contributed by atoms with Crippen molar-refractivity contribution in [1.29, 1.82) is 0 Å². The molecule has 9 N–H and O–H groups in total. The van der Waals surface area contributed by atoms with Gasteiger partial charge in [-0.05, 0) is 32.1 Å². The molecule has 14 nitrogen and oxygen atoms in total. The number of carbonyl (C=O) groups is 1. The molecule has 0 aromatic carbocycles. The first-order valence-corrected chi connectivity index (χ1v) is 24.6. The first-order valence-electron chi connectivity index (χ1n) is 24.6. The molecule has 0 aromatic rings. The number of amides is 1. The molecule has 2 aliphatic heterocycles. The molecule has 62 heavy (non-hydrogen) atoms. The van der Waals surface area contributed by atoms with Crippen LogP contribution in [0.2, 0.25) is 0 Å². The Bertz CT molecular complexity index is 1140. The third-order valence-electron chi connectivity index (χ3n) is 12.1. The summed E-state index contributed by atoms with van der Waals surface area (Å²) in [6.45, 7) is 2.71. The van der Waals surface area contributed by atoms with Crippen molar-refractivity contribution in [3.63, 3.8) is 0 Å². The van der Waals surface area contributed by atoms with E-state index in [1.165, 1.54) is 109 Å². The standard InChI is InChI=1S/C48H89NO13/c1-3-5-7-9-11-12-13-14-15-16-17-18-19-20-21-22-23-24-26-27-29-31-37(52)36(49-40(53)32-30-28-25-10-8-6-4-2)35-59-47-45(58)43(56)46(39(34-51)61-47)62-48-44(57)42(55)41(54)38(33-50)60-48/h23-24,29,31,36-39,41-48,50-52,54-58H,3-22,25-28,30,32-35H2,1-2H3,(H,49,53)/b24-23+,31-29+. The Morgan fingerprint density at radius 3 is 1.58 bits per heavy atom. The van der Waals surface area contributed by atoms with Crippen LogP contribution in [0.15, 0.2) is 24.3 Å². The van der Waals surface area contributed by atoms with Crippen molar-refractivity contribution in [3.05, 3.63) is 24.3 Å². The topological polar surface area (TPSA) is 228 Å². The minimum absolute atomic E-state index is 0.257. The third kappa shape index (κ3) is 23.1. The number of aliphatic hydroxyl groups is 8. The molecule has 1 amide bonds. The lowest BCUT2D eigenvalue weighted by Gasteiger charge is -2.46. The second-order valence-corrected chi connectivity index (χ2v) is 17.6. The van der Waals surface area contributed by atoms with Gasteiger partial charge in [0.05, 0.1) is 32.0 Å². The summed E-state index contributed by atoms with van der Waals surface area (Å²) in [6, 6.07) is -0.924. The highest BCUT2D eigenvalue weighted by molar-refractivity contribution is 5.76. The normalized spacial score (nSPS) is 27.9. The molecule has 12 unspecified atom stereocenters. The number of nitrogens with one attached hydrogen (secondary N) is 1. The summed E-state index contributed by atoms with van der Waals surface area (Å²) in [5.74, 6) is -0.257. The molecule has 2 saturated heterocycles.